The summed E-state index contributed by atoms with van der Waals surface area (Å²) in [6, 6.07) is 4.50. The highest BCUT2D eigenvalue weighted by molar-refractivity contribution is 6.33. The summed E-state index contributed by atoms with van der Waals surface area (Å²) in [5.74, 6) is -0.893. The van der Waals surface area contributed by atoms with Crippen LogP contribution in [0.15, 0.2) is 18.2 Å². The predicted octanol–water partition coefficient (Wildman–Crippen LogP) is 2.33. The summed E-state index contributed by atoms with van der Waals surface area (Å²) >= 11 is 5.88. The Morgan fingerprint density at radius 3 is 2.89 bits per heavy atom. The normalized spacial score (nSPS) is 19.3. The monoisotopic (exact) mass is 292 g/mol. The largest absolute Gasteiger partial charge is 0.336 e. The molecule has 1 aliphatic rings. The lowest BCUT2D eigenvalue weighted by Crippen LogP contribution is -2.51. The van der Waals surface area contributed by atoms with Gasteiger partial charge in [0.25, 0.3) is 5.91 Å². The number of hydrogen-bond acceptors (Lipinski definition) is 2. The van der Waals surface area contributed by atoms with Crippen molar-refractivity contribution in [1.29, 1.82) is 0 Å². The molecule has 0 aromatic heterocycles. The molecule has 0 saturated carbocycles. The molecule has 1 unspecified atom stereocenters. The highest BCUT2D eigenvalue weighted by atomic mass is 35.5. The molecule has 0 spiro atoms. The van der Waals surface area contributed by atoms with Gasteiger partial charge in [0.05, 0.1) is 10.6 Å². The minimum atomic E-state index is -0.561. The van der Waals surface area contributed by atoms with Crippen LogP contribution in [0.3, 0.4) is 0 Å². The standard InChI is InChI=1S/C12H14ClFN2O.ClH/c1-8-7-16(6-5-15-8)12(17)11-9(13)3-2-4-10(11)14;/h2-4,8,15H,5-7H2,1H3;1H. The second-order valence-corrected chi connectivity index (χ2v) is 4.61. The van der Waals surface area contributed by atoms with Crippen LogP contribution in [0.4, 0.5) is 4.39 Å². The lowest BCUT2D eigenvalue weighted by atomic mass is 10.1. The Labute approximate surface area is 117 Å². The van der Waals surface area contributed by atoms with Crippen molar-refractivity contribution in [1.82, 2.24) is 10.2 Å². The van der Waals surface area contributed by atoms with Crippen molar-refractivity contribution < 1.29 is 9.18 Å². The van der Waals surface area contributed by atoms with Crippen LogP contribution in [0.1, 0.15) is 17.3 Å². The minimum Gasteiger partial charge on any atom is -0.336 e. The molecular weight excluding hydrogens is 278 g/mol. The SMILES string of the molecule is CC1CN(C(=O)c2c(F)cccc2Cl)CCN1.Cl. The van der Waals surface area contributed by atoms with Crippen molar-refractivity contribution >= 4 is 29.9 Å². The average molecular weight is 293 g/mol. The number of benzene rings is 1. The Balaban J connectivity index is 0.00000162. The highest BCUT2D eigenvalue weighted by Gasteiger charge is 2.25. The maximum Gasteiger partial charge on any atom is 0.258 e. The number of piperazine rings is 1. The quantitative estimate of drug-likeness (QED) is 0.862. The summed E-state index contributed by atoms with van der Waals surface area (Å²) in [5.41, 5.74) is -0.0248. The summed E-state index contributed by atoms with van der Waals surface area (Å²) in [6.45, 7) is 3.86. The first-order chi connectivity index (χ1) is 8.09. The maximum absolute atomic E-state index is 13.6. The molecular formula is C12H15Cl2FN2O. The van der Waals surface area contributed by atoms with Gasteiger partial charge < -0.3 is 10.2 Å². The first kappa shape index (κ1) is 15.2. The van der Waals surface area contributed by atoms with Gasteiger partial charge in [0.15, 0.2) is 0 Å². The van der Waals surface area contributed by atoms with Gasteiger partial charge in [-0.3, -0.25) is 4.79 Å². The third kappa shape index (κ3) is 3.13. The second kappa shape index (κ2) is 6.36. The Hall–Kier alpha value is -0.840. The molecule has 2 rings (SSSR count). The molecule has 18 heavy (non-hydrogen) atoms. The van der Waals surface area contributed by atoms with Crippen molar-refractivity contribution in [3.63, 3.8) is 0 Å². The van der Waals surface area contributed by atoms with Crippen LogP contribution in [-0.2, 0) is 0 Å². The number of rotatable bonds is 1. The van der Waals surface area contributed by atoms with Crippen LogP contribution in [0.25, 0.3) is 0 Å². The molecule has 1 heterocycles. The molecule has 0 radical (unpaired) electrons. The fourth-order valence-corrected chi connectivity index (χ4v) is 2.22. The van der Waals surface area contributed by atoms with E-state index in [-0.39, 0.29) is 34.9 Å². The molecule has 1 N–H and O–H groups in total. The molecule has 1 saturated heterocycles. The van der Waals surface area contributed by atoms with Gasteiger partial charge in [-0.2, -0.15) is 0 Å². The van der Waals surface area contributed by atoms with Crippen molar-refractivity contribution in [3.05, 3.63) is 34.6 Å². The zero-order chi connectivity index (χ0) is 12.4. The van der Waals surface area contributed by atoms with Crippen molar-refractivity contribution in [2.24, 2.45) is 0 Å². The topological polar surface area (TPSA) is 32.3 Å². The Morgan fingerprint density at radius 2 is 2.28 bits per heavy atom. The van der Waals surface area contributed by atoms with E-state index in [1.165, 1.54) is 18.2 Å². The van der Waals surface area contributed by atoms with Gasteiger partial charge >= 0.3 is 0 Å². The zero-order valence-corrected chi connectivity index (χ0v) is 11.5. The molecule has 1 aliphatic heterocycles. The molecule has 1 aromatic rings. The van der Waals surface area contributed by atoms with Gasteiger partial charge in [0, 0.05) is 25.7 Å². The summed E-state index contributed by atoms with van der Waals surface area (Å²) in [4.78, 5) is 13.8. The number of nitrogens with zero attached hydrogens (tertiary/aromatic N) is 1. The minimum absolute atomic E-state index is 0. The fourth-order valence-electron chi connectivity index (χ4n) is 1.98. The molecule has 1 aromatic carbocycles. The molecule has 6 heteroatoms. The van der Waals surface area contributed by atoms with E-state index in [9.17, 15) is 9.18 Å². The molecule has 100 valence electrons. The van der Waals surface area contributed by atoms with E-state index in [1.54, 1.807) is 4.90 Å². The lowest BCUT2D eigenvalue weighted by molar-refractivity contribution is 0.0704. The summed E-state index contributed by atoms with van der Waals surface area (Å²) < 4.78 is 13.6. The van der Waals surface area contributed by atoms with Crippen LogP contribution >= 0.6 is 24.0 Å². The number of nitrogens with one attached hydrogen (secondary N) is 1. The Bertz CT molecular complexity index is 422. The third-order valence-corrected chi connectivity index (χ3v) is 3.15. The van der Waals surface area contributed by atoms with E-state index in [0.717, 1.165) is 6.54 Å². The Morgan fingerprint density at radius 1 is 1.56 bits per heavy atom. The van der Waals surface area contributed by atoms with Gasteiger partial charge in [0.2, 0.25) is 0 Å². The second-order valence-electron chi connectivity index (χ2n) is 4.20. The smallest absolute Gasteiger partial charge is 0.258 e. The number of carbonyl (C=O) groups is 1. The number of amides is 1. The molecule has 1 amide bonds. The maximum atomic E-state index is 13.6. The van der Waals surface area contributed by atoms with E-state index in [2.05, 4.69) is 5.32 Å². The van der Waals surface area contributed by atoms with Crippen LogP contribution in [0, 0.1) is 5.82 Å². The highest BCUT2D eigenvalue weighted by Crippen LogP contribution is 2.21. The van der Waals surface area contributed by atoms with Crippen molar-refractivity contribution in [2.45, 2.75) is 13.0 Å². The van der Waals surface area contributed by atoms with E-state index in [4.69, 9.17) is 11.6 Å². The van der Waals surface area contributed by atoms with E-state index in [0.29, 0.717) is 13.1 Å². The van der Waals surface area contributed by atoms with Crippen LogP contribution in [0.5, 0.6) is 0 Å². The predicted molar refractivity (Wildman–Crippen MR) is 72.0 cm³/mol. The lowest BCUT2D eigenvalue weighted by Gasteiger charge is -2.32. The number of carbonyl (C=O) groups excluding carboxylic acids is 1. The molecule has 1 atom stereocenters. The number of halogens is 3. The van der Waals surface area contributed by atoms with Gasteiger partial charge in [-0.05, 0) is 19.1 Å². The summed E-state index contributed by atoms with van der Waals surface area (Å²) in [7, 11) is 0. The van der Waals surface area contributed by atoms with Gasteiger partial charge in [-0.25, -0.2) is 4.39 Å². The first-order valence-corrected chi connectivity index (χ1v) is 5.94. The van der Waals surface area contributed by atoms with Gasteiger partial charge in [-0.15, -0.1) is 12.4 Å². The molecule has 0 aliphatic carbocycles. The molecule has 3 nitrogen and oxygen atoms in total. The zero-order valence-electron chi connectivity index (χ0n) is 9.95. The van der Waals surface area contributed by atoms with E-state index >= 15 is 0 Å². The Kier molecular flexibility index (Phi) is 5.38. The fraction of sp³-hybridized carbons (Fsp3) is 0.417. The van der Waals surface area contributed by atoms with Crippen LogP contribution < -0.4 is 5.32 Å². The van der Waals surface area contributed by atoms with Crippen molar-refractivity contribution in [3.8, 4) is 0 Å². The molecule has 1 fully saturated rings. The third-order valence-electron chi connectivity index (χ3n) is 2.83. The molecule has 0 bridgehead atoms. The van der Waals surface area contributed by atoms with Crippen molar-refractivity contribution in [2.75, 3.05) is 19.6 Å². The first-order valence-electron chi connectivity index (χ1n) is 5.56. The van der Waals surface area contributed by atoms with Crippen LogP contribution in [-0.4, -0.2) is 36.5 Å². The average Bonchev–Trinajstić information content (AvgIpc) is 2.28. The van der Waals surface area contributed by atoms with E-state index < -0.39 is 5.82 Å². The van der Waals surface area contributed by atoms with Gasteiger partial charge in [0.1, 0.15) is 5.82 Å². The summed E-state index contributed by atoms with van der Waals surface area (Å²) in [6.07, 6.45) is 0. The number of hydrogen-bond donors (Lipinski definition) is 1. The van der Waals surface area contributed by atoms with E-state index in [1.807, 2.05) is 6.92 Å². The summed E-state index contributed by atoms with van der Waals surface area (Å²) in [5, 5.41) is 3.39. The van der Waals surface area contributed by atoms with Gasteiger partial charge in [-0.1, -0.05) is 17.7 Å². The van der Waals surface area contributed by atoms with Crippen LogP contribution in [0.2, 0.25) is 5.02 Å².